The third-order valence-electron chi connectivity index (χ3n) is 3.30. The number of piperazine rings is 1. The Bertz CT molecular complexity index is 502. The zero-order chi connectivity index (χ0) is 12.7. The smallest absolute Gasteiger partial charge is 0.246 e. The summed E-state index contributed by atoms with van der Waals surface area (Å²) in [6.07, 6.45) is 1.67. The van der Waals surface area contributed by atoms with E-state index in [1.807, 2.05) is 0 Å². The summed E-state index contributed by atoms with van der Waals surface area (Å²) in [5, 5.41) is 8.63. The summed E-state index contributed by atoms with van der Waals surface area (Å²) in [7, 11) is 0. The summed E-state index contributed by atoms with van der Waals surface area (Å²) in [5.74, 6) is 0.0375. The van der Waals surface area contributed by atoms with Crippen molar-refractivity contribution in [3.63, 3.8) is 0 Å². The first-order valence-electron chi connectivity index (χ1n) is 5.81. The molecule has 18 heavy (non-hydrogen) atoms. The van der Waals surface area contributed by atoms with Gasteiger partial charge in [-0.25, -0.2) is 0 Å². The Balaban J connectivity index is 1.76. The monoisotopic (exact) mass is 267 g/mol. The van der Waals surface area contributed by atoms with Gasteiger partial charge in [-0.15, -0.1) is 10.2 Å². The summed E-state index contributed by atoms with van der Waals surface area (Å²) in [6, 6.07) is -0.267. The van der Waals surface area contributed by atoms with Crippen LogP contribution in [0.15, 0.2) is 0 Å². The highest BCUT2D eigenvalue weighted by Gasteiger charge is 2.41. The summed E-state index contributed by atoms with van der Waals surface area (Å²) in [4.78, 5) is 27.4. The van der Waals surface area contributed by atoms with Gasteiger partial charge in [0.1, 0.15) is 17.6 Å². The number of nitrogens with two attached hydrogens (primary N) is 1. The Morgan fingerprint density at radius 3 is 2.94 bits per heavy atom. The van der Waals surface area contributed by atoms with E-state index in [-0.39, 0.29) is 24.4 Å². The Morgan fingerprint density at radius 2 is 2.22 bits per heavy atom. The van der Waals surface area contributed by atoms with E-state index in [4.69, 9.17) is 5.73 Å². The van der Waals surface area contributed by atoms with Gasteiger partial charge in [0.2, 0.25) is 16.9 Å². The van der Waals surface area contributed by atoms with E-state index < -0.39 is 0 Å². The van der Waals surface area contributed by atoms with Crippen LogP contribution in [-0.4, -0.2) is 50.9 Å². The second-order valence-corrected chi connectivity index (χ2v) is 5.57. The number of nitrogen functional groups attached to an aromatic ring is 1. The van der Waals surface area contributed by atoms with E-state index in [0.717, 1.165) is 12.8 Å². The molecule has 2 aliphatic heterocycles. The molecule has 0 saturated carbocycles. The number of carbonyl (C=O) groups is 2. The molecule has 2 saturated heterocycles. The minimum absolute atomic E-state index is 0.0147. The van der Waals surface area contributed by atoms with Crippen molar-refractivity contribution < 1.29 is 9.59 Å². The van der Waals surface area contributed by atoms with Crippen LogP contribution in [0.2, 0.25) is 0 Å². The van der Waals surface area contributed by atoms with Crippen molar-refractivity contribution in [2.45, 2.75) is 25.4 Å². The van der Waals surface area contributed by atoms with E-state index >= 15 is 0 Å². The van der Waals surface area contributed by atoms with Crippen molar-refractivity contribution in [2.75, 3.05) is 18.8 Å². The Labute approximate surface area is 108 Å². The van der Waals surface area contributed by atoms with Crippen LogP contribution >= 0.6 is 11.3 Å². The van der Waals surface area contributed by atoms with Crippen LogP contribution in [0.4, 0.5) is 5.13 Å². The van der Waals surface area contributed by atoms with Gasteiger partial charge in [0.25, 0.3) is 0 Å². The maximum atomic E-state index is 12.2. The molecule has 3 heterocycles. The number of nitrogens with zero attached hydrogens (tertiary/aromatic N) is 4. The van der Waals surface area contributed by atoms with E-state index in [9.17, 15) is 9.59 Å². The van der Waals surface area contributed by atoms with E-state index in [1.54, 1.807) is 9.80 Å². The molecular formula is C10H13N5O2S. The summed E-state index contributed by atoms with van der Waals surface area (Å²) in [5.41, 5.74) is 5.50. The number of fused-ring (bicyclic) bond motifs is 1. The van der Waals surface area contributed by atoms with Gasteiger partial charge < -0.3 is 15.5 Å². The first-order valence-corrected chi connectivity index (χ1v) is 6.63. The molecule has 2 amide bonds. The lowest BCUT2D eigenvalue weighted by atomic mass is 10.1. The predicted molar refractivity (Wildman–Crippen MR) is 64.5 cm³/mol. The highest BCUT2D eigenvalue weighted by Crippen LogP contribution is 2.25. The largest absolute Gasteiger partial charge is 0.374 e. The molecule has 1 aromatic rings. The topological polar surface area (TPSA) is 92.4 Å². The van der Waals surface area contributed by atoms with Gasteiger partial charge in [-0.3, -0.25) is 9.59 Å². The lowest BCUT2D eigenvalue weighted by Crippen LogP contribution is -2.56. The van der Waals surface area contributed by atoms with Crippen molar-refractivity contribution in [1.29, 1.82) is 0 Å². The normalized spacial score (nSPS) is 23.7. The molecule has 3 rings (SSSR count). The van der Waals surface area contributed by atoms with Crippen molar-refractivity contribution in [2.24, 2.45) is 0 Å². The lowest BCUT2D eigenvalue weighted by molar-refractivity contribution is -0.154. The van der Waals surface area contributed by atoms with Crippen LogP contribution in [0.1, 0.15) is 17.8 Å². The Hall–Kier alpha value is -1.70. The minimum atomic E-state index is -0.267. The molecule has 0 aromatic carbocycles. The fourth-order valence-electron chi connectivity index (χ4n) is 2.49. The zero-order valence-electron chi connectivity index (χ0n) is 9.70. The summed E-state index contributed by atoms with van der Waals surface area (Å²) >= 11 is 1.25. The number of anilines is 1. The molecule has 0 radical (unpaired) electrons. The van der Waals surface area contributed by atoms with Gasteiger partial charge >= 0.3 is 0 Å². The van der Waals surface area contributed by atoms with Crippen molar-refractivity contribution >= 4 is 28.3 Å². The van der Waals surface area contributed by atoms with Crippen molar-refractivity contribution in [1.82, 2.24) is 20.0 Å². The van der Waals surface area contributed by atoms with Crippen LogP contribution < -0.4 is 5.73 Å². The van der Waals surface area contributed by atoms with Gasteiger partial charge in [0, 0.05) is 6.54 Å². The number of aromatic nitrogens is 2. The SMILES string of the molecule is Nc1nnc(CN2CC(=O)N3CCCC3C2=O)s1. The van der Waals surface area contributed by atoms with Crippen molar-refractivity contribution in [3.05, 3.63) is 5.01 Å². The van der Waals surface area contributed by atoms with Crippen LogP contribution in [0.25, 0.3) is 0 Å². The highest BCUT2D eigenvalue weighted by atomic mass is 32.1. The molecular weight excluding hydrogens is 254 g/mol. The van der Waals surface area contributed by atoms with Crippen LogP contribution in [0.5, 0.6) is 0 Å². The predicted octanol–water partition coefficient (Wildman–Crippen LogP) is -0.547. The summed E-state index contributed by atoms with van der Waals surface area (Å²) in [6.45, 7) is 1.16. The standard InChI is InChI=1S/C10H13N5O2S/c11-10-13-12-7(18-10)4-14-5-8(16)15-3-1-2-6(15)9(14)17/h6H,1-5H2,(H2,11,13). The lowest BCUT2D eigenvalue weighted by Gasteiger charge is -2.35. The molecule has 1 unspecified atom stereocenters. The third kappa shape index (κ3) is 1.82. The third-order valence-corrected chi connectivity index (χ3v) is 4.04. The van der Waals surface area contributed by atoms with Crippen LogP contribution in [0, 0.1) is 0 Å². The number of carbonyl (C=O) groups excluding carboxylic acids is 2. The summed E-state index contributed by atoms with van der Waals surface area (Å²) < 4.78 is 0. The molecule has 1 aromatic heterocycles. The molecule has 0 spiro atoms. The van der Waals surface area contributed by atoms with Gasteiger partial charge in [0.15, 0.2) is 0 Å². The van der Waals surface area contributed by atoms with Gasteiger partial charge in [-0.1, -0.05) is 11.3 Å². The van der Waals surface area contributed by atoms with Gasteiger partial charge in [-0.05, 0) is 12.8 Å². The highest BCUT2D eigenvalue weighted by molar-refractivity contribution is 7.15. The molecule has 0 bridgehead atoms. The van der Waals surface area contributed by atoms with Crippen molar-refractivity contribution in [3.8, 4) is 0 Å². The zero-order valence-corrected chi connectivity index (χ0v) is 10.5. The van der Waals surface area contributed by atoms with E-state index in [0.29, 0.717) is 23.2 Å². The number of hydrogen-bond acceptors (Lipinski definition) is 6. The van der Waals surface area contributed by atoms with Gasteiger partial charge in [-0.2, -0.15) is 0 Å². The second-order valence-electron chi connectivity index (χ2n) is 4.47. The molecule has 7 nitrogen and oxygen atoms in total. The fourth-order valence-corrected chi connectivity index (χ4v) is 3.12. The Kier molecular flexibility index (Phi) is 2.66. The Morgan fingerprint density at radius 1 is 1.39 bits per heavy atom. The average molecular weight is 267 g/mol. The maximum Gasteiger partial charge on any atom is 0.246 e. The molecule has 96 valence electrons. The number of hydrogen-bond donors (Lipinski definition) is 1. The molecule has 0 aliphatic carbocycles. The molecule has 8 heteroatoms. The maximum absolute atomic E-state index is 12.2. The first kappa shape index (κ1) is 11.4. The van der Waals surface area contributed by atoms with Crippen LogP contribution in [0.3, 0.4) is 0 Å². The van der Waals surface area contributed by atoms with E-state index in [2.05, 4.69) is 10.2 Å². The van der Waals surface area contributed by atoms with E-state index in [1.165, 1.54) is 11.3 Å². The molecule has 2 aliphatic rings. The minimum Gasteiger partial charge on any atom is -0.374 e. The quantitative estimate of drug-likeness (QED) is 0.776. The molecule has 1 atom stereocenters. The fraction of sp³-hybridized carbons (Fsp3) is 0.600. The van der Waals surface area contributed by atoms with Crippen LogP contribution in [-0.2, 0) is 16.1 Å². The molecule has 2 fully saturated rings. The second kappa shape index (κ2) is 4.20. The molecule has 2 N–H and O–H groups in total. The first-order chi connectivity index (χ1) is 8.65. The number of amides is 2. The number of rotatable bonds is 2. The average Bonchev–Trinajstić information content (AvgIpc) is 2.95. The van der Waals surface area contributed by atoms with Gasteiger partial charge in [0.05, 0.1) is 6.54 Å².